The second kappa shape index (κ2) is 3.84. The number of fused-ring (bicyclic) bond motifs is 1. The maximum Gasteiger partial charge on any atom is 0.275 e. The molecule has 5 heteroatoms. The summed E-state index contributed by atoms with van der Waals surface area (Å²) in [5, 5.41) is 0.905. The monoisotopic (exact) mass is 219 g/mol. The zero-order valence-corrected chi connectivity index (χ0v) is 9.01. The molecule has 2 aromatic rings. The number of carbonyl (C=O) groups excluding carboxylic acids is 1. The fourth-order valence-corrected chi connectivity index (χ4v) is 1.74. The molecule has 5 nitrogen and oxygen atoms in total. The first-order valence-electron chi connectivity index (χ1n) is 5.02. The number of hydrogen-bond acceptors (Lipinski definition) is 2. The molecule has 2 aromatic heterocycles. The maximum absolute atomic E-state index is 12.0. The Labute approximate surface area is 92.1 Å². The van der Waals surface area contributed by atoms with Crippen molar-refractivity contribution in [3.8, 4) is 0 Å². The van der Waals surface area contributed by atoms with Gasteiger partial charge in [-0.25, -0.2) is 0 Å². The van der Waals surface area contributed by atoms with E-state index in [2.05, 4.69) is 0 Å². The van der Waals surface area contributed by atoms with Gasteiger partial charge in [-0.15, -0.1) is 0 Å². The van der Waals surface area contributed by atoms with Crippen LogP contribution < -0.4 is 11.3 Å². The number of hydrogen-bond donors (Lipinski definition) is 1. The molecule has 0 unspecified atom stereocenters. The first-order valence-corrected chi connectivity index (χ1v) is 5.02. The molecule has 0 aliphatic heterocycles. The van der Waals surface area contributed by atoms with Crippen molar-refractivity contribution in [1.29, 1.82) is 0 Å². The van der Waals surface area contributed by atoms with Gasteiger partial charge in [0, 0.05) is 37.8 Å². The van der Waals surface area contributed by atoms with Gasteiger partial charge in [-0.05, 0) is 12.1 Å². The van der Waals surface area contributed by atoms with Gasteiger partial charge in [-0.3, -0.25) is 9.59 Å². The number of aromatic nitrogens is 2. The van der Waals surface area contributed by atoms with Crippen LogP contribution in [-0.4, -0.2) is 15.0 Å². The fraction of sp³-hybridized carbons (Fsp3) is 0.273. The van der Waals surface area contributed by atoms with Crippen molar-refractivity contribution in [1.82, 2.24) is 9.13 Å². The van der Waals surface area contributed by atoms with Crippen LogP contribution in [0.3, 0.4) is 0 Å². The van der Waals surface area contributed by atoms with Gasteiger partial charge in [-0.2, -0.15) is 0 Å². The van der Waals surface area contributed by atoms with Gasteiger partial charge in [-0.1, -0.05) is 0 Å². The molecule has 0 saturated heterocycles. The van der Waals surface area contributed by atoms with E-state index in [1.165, 1.54) is 4.57 Å². The molecule has 2 N–H and O–H groups in total. The van der Waals surface area contributed by atoms with E-state index >= 15 is 0 Å². The Balaban J connectivity index is 2.47. The molecule has 2 rings (SSSR count). The van der Waals surface area contributed by atoms with Gasteiger partial charge in [0.15, 0.2) is 0 Å². The normalized spacial score (nSPS) is 10.8. The molecule has 0 fully saturated rings. The summed E-state index contributed by atoms with van der Waals surface area (Å²) in [6.45, 7) is 0.329. The van der Waals surface area contributed by atoms with Crippen LogP contribution in [0.25, 0.3) is 10.9 Å². The van der Waals surface area contributed by atoms with Gasteiger partial charge >= 0.3 is 0 Å². The van der Waals surface area contributed by atoms with Crippen molar-refractivity contribution in [3.63, 3.8) is 0 Å². The highest BCUT2D eigenvalue weighted by Gasteiger charge is 2.06. The number of rotatable bonds is 3. The van der Waals surface area contributed by atoms with E-state index in [4.69, 9.17) is 5.73 Å². The molecule has 0 radical (unpaired) electrons. The first-order chi connectivity index (χ1) is 7.59. The predicted octanol–water partition coefficient (Wildman–Crippen LogP) is 0.215. The molecule has 1 amide bonds. The lowest BCUT2D eigenvalue weighted by molar-refractivity contribution is -0.118. The van der Waals surface area contributed by atoms with Crippen LogP contribution in [0.2, 0.25) is 0 Å². The van der Waals surface area contributed by atoms with E-state index in [1.54, 1.807) is 10.8 Å². The van der Waals surface area contributed by atoms with Crippen molar-refractivity contribution in [3.05, 3.63) is 34.9 Å². The summed E-state index contributed by atoms with van der Waals surface area (Å²) < 4.78 is 3.28. The van der Waals surface area contributed by atoms with Crippen molar-refractivity contribution >= 4 is 16.8 Å². The molecule has 84 valence electrons. The summed E-state index contributed by atoms with van der Waals surface area (Å²) in [4.78, 5) is 22.7. The van der Waals surface area contributed by atoms with Gasteiger partial charge in [0.1, 0.15) is 5.52 Å². The fourth-order valence-electron chi connectivity index (χ4n) is 1.74. The Morgan fingerprint density at radius 1 is 1.38 bits per heavy atom. The number of aryl methyl sites for hydroxylation is 2. The second-order valence-corrected chi connectivity index (χ2v) is 3.76. The Bertz CT molecular complexity index is 595. The number of amides is 1. The average Bonchev–Trinajstić information content (AvgIpc) is 2.60. The van der Waals surface area contributed by atoms with Crippen molar-refractivity contribution in [2.75, 3.05) is 0 Å². The molecule has 0 saturated carbocycles. The quantitative estimate of drug-likeness (QED) is 0.802. The highest BCUT2D eigenvalue weighted by Crippen LogP contribution is 2.09. The van der Waals surface area contributed by atoms with Crippen LogP contribution in [-0.2, 0) is 18.4 Å². The molecule has 2 heterocycles. The third kappa shape index (κ3) is 1.71. The lowest BCUT2D eigenvalue weighted by Gasteiger charge is -2.04. The molecule has 0 atom stereocenters. The number of nitrogens with zero attached hydrogens (tertiary/aromatic N) is 2. The summed E-state index contributed by atoms with van der Waals surface area (Å²) in [6, 6.07) is 3.74. The van der Waals surface area contributed by atoms with Crippen LogP contribution in [0, 0.1) is 0 Å². The summed E-state index contributed by atoms with van der Waals surface area (Å²) >= 11 is 0. The summed E-state index contributed by atoms with van der Waals surface area (Å²) in [5.74, 6) is -0.404. The standard InChI is InChI=1S/C11H13N3O2/c1-13-5-2-8-3-6-14(7-4-9(12)15)11(16)10(8)13/h2-3,5-6H,4,7H2,1H3,(H2,12,15). The molecule has 0 aliphatic carbocycles. The summed E-state index contributed by atoms with van der Waals surface area (Å²) in [6.07, 6.45) is 3.70. The lowest BCUT2D eigenvalue weighted by atomic mass is 10.3. The molecule has 16 heavy (non-hydrogen) atoms. The van der Waals surface area contributed by atoms with E-state index in [0.717, 1.165) is 5.39 Å². The van der Waals surface area contributed by atoms with Gasteiger partial charge < -0.3 is 14.9 Å². The number of carbonyl (C=O) groups is 1. The highest BCUT2D eigenvalue weighted by atomic mass is 16.1. The minimum atomic E-state index is -0.404. The Morgan fingerprint density at radius 3 is 2.75 bits per heavy atom. The minimum absolute atomic E-state index is 0.0914. The zero-order valence-electron chi connectivity index (χ0n) is 9.01. The van der Waals surface area contributed by atoms with Crippen LogP contribution in [0.5, 0.6) is 0 Å². The Morgan fingerprint density at radius 2 is 2.06 bits per heavy atom. The van der Waals surface area contributed by atoms with Crippen LogP contribution in [0.1, 0.15) is 6.42 Å². The third-order valence-electron chi connectivity index (χ3n) is 2.60. The van der Waals surface area contributed by atoms with Crippen molar-refractivity contribution in [2.24, 2.45) is 12.8 Å². The van der Waals surface area contributed by atoms with E-state index in [1.807, 2.05) is 25.4 Å². The van der Waals surface area contributed by atoms with E-state index < -0.39 is 5.91 Å². The average molecular weight is 219 g/mol. The van der Waals surface area contributed by atoms with Crippen LogP contribution in [0.4, 0.5) is 0 Å². The van der Waals surface area contributed by atoms with E-state index in [0.29, 0.717) is 12.1 Å². The second-order valence-electron chi connectivity index (χ2n) is 3.76. The molecular weight excluding hydrogens is 206 g/mol. The molecule has 0 aromatic carbocycles. The van der Waals surface area contributed by atoms with Gasteiger partial charge in [0.05, 0.1) is 0 Å². The van der Waals surface area contributed by atoms with E-state index in [9.17, 15) is 9.59 Å². The minimum Gasteiger partial charge on any atom is -0.370 e. The van der Waals surface area contributed by atoms with Gasteiger partial charge in [0.2, 0.25) is 5.91 Å². The van der Waals surface area contributed by atoms with E-state index in [-0.39, 0.29) is 12.0 Å². The summed E-state index contributed by atoms with van der Waals surface area (Å²) in [7, 11) is 1.82. The molecule has 0 aliphatic rings. The predicted molar refractivity (Wildman–Crippen MR) is 61.0 cm³/mol. The van der Waals surface area contributed by atoms with Crippen LogP contribution >= 0.6 is 0 Å². The number of primary amides is 1. The number of nitrogens with two attached hydrogens (primary N) is 1. The molecule has 0 bridgehead atoms. The molecular formula is C11H13N3O2. The highest BCUT2D eigenvalue weighted by molar-refractivity contribution is 5.79. The maximum atomic E-state index is 12.0. The van der Waals surface area contributed by atoms with Crippen molar-refractivity contribution < 1.29 is 4.79 Å². The van der Waals surface area contributed by atoms with Crippen molar-refractivity contribution in [2.45, 2.75) is 13.0 Å². The van der Waals surface area contributed by atoms with Crippen LogP contribution in [0.15, 0.2) is 29.3 Å². The summed E-state index contributed by atoms with van der Waals surface area (Å²) in [5.41, 5.74) is 5.61. The van der Waals surface area contributed by atoms with Gasteiger partial charge in [0.25, 0.3) is 5.56 Å². The largest absolute Gasteiger partial charge is 0.370 e. The SMILES string of the molecule is Cn1ccc2ccn(CCC(N)=O)c(=O)c21. The molecule has 0 spiro atoms. The lowest BCUT2D eigenvalue weighted by Crippen LogP contribution is -2.23. The first kappa shape index (κ1) is 10.5. The smallest absolute Gasteiger partial charge is 0.275 e. The zero-order chi connectivity index (χ0) is 11.7. The Hall–Kier alpha value is -2.04. The topological polar surface area (TPSA) is 70.0 Å². The third-order valence-corrected chi connectivity index (χ3v) is 2.60. The number of pyridine rings is 1. The Kier molecular flexibility index (Phi) is 2.52.